The molecular weight excluding hydrogens is 329 g/mol. The maximum Gasteiger partial charge on any atom is 0.307 e. The van der Waals surface area contributed by atoms with E-state index in [2.05, 4.69) is 5.32 Å². The monoisotopic (exact) mass is 335 g/mol. The molecule has 1 aromatic heterocycles. The van der Waals surface area contributed by atoms with E-state index in [-0.39, 0.29) is 6.42 Å². The highest BCUT2D eigenvalue weighted by atomic mass is 35.5. The predicted octanol–water partition coefficient (Wildman–Crippen LogP) is 5.08. The molecule has 0 saturated carbocycles. The van der Waals surface area contributed by atoms with Gasteiger partial charge in [0.1, 0.15) is 0 Å². The van der Waals surface area contributed by atoms with Crippen molar-refractivity contribution in [3.8, 4) is 0 Å². The molecule has 2 rings (SSSR count). The molecule has 0 aliphatic carbocycles. The summed E-state index contributed by atoms with van der Waals surface area (Å²) in [6.45, 7) is 0. The molecule has 0 spiro atoms. The zero-order valence-corrected chi connectivity index (χ0v) is 12.5. The molecule has 3 nitrogen and oxygen atoms in total. The lowest BCUT2D eigenvalue weighted by atomic mass is 10.2. The van der Waals surface area contributed by atoms with Crippen LogP contribution in [0.4, 0.5) is 11.4 Å². The number of benzene rings is 1. The number of carboxylic acid groups (broad SMARTS) is 1. The molecule has 0 unspecified atom stereocenters. The third kappa shape index (κ3) is 3.54. The quantitative estimate of drug-likeness (QED) is 0.818. The van der Waals surface area contributed by atoms with Gasteiger partial charge in [0.15, 0.2) is 0 Å². The molecule has 0 saturated heterocycles. The number of halogens is 3. The van der Waals surface area contributed by atoms with Crippen LogP contribution in [0, 0.1) is 0 Å². The van der Waals surface area contributed by atoms with Crippen LogP contribution in [-0.2, 0) is 11.2 Å². The Kier molecular flexibility index (Phi) is 4.58. The van der Waals surface area contributed by atoms with Gasteiger partial charge in [0.05, 0.1) is 27.8 Å². The Morgan fingerprint density at radius 3 is 2.42 bits per heavy atom. The van der Waals surface area contributed by atoms with E-state index < -0.39 is 5.97 Å². The van der Waals surface area contributed by atoms with Crippen LogP contribution in [0.5, 0.6) is 0 Å². The summed E-state index contributed by atoms with van der Waals surface area (Å²) >= 11 is 19.4. The van der Waals surface area contributed by atoms with Crippen molar-refractivity contribution in [1.29, 1.82) is 0 Å². The average molecular weight is 337 g/mol. The van der Waals surface area contributed by atoms with E-state index in [1.54, 1.807) is 22.9 Å². The summed E-state index contributed by atoms with van der Waals surface area (Å²) in [7, 11) is 0. The van der Waals surface area contributed by atoms with Gasteiger partial charge in [-0.1, -0.05) is 34.8 Å². The van der Waals surface area contributed by atoms with Crippen molar-refractivity contribution < 1.29 is 9.90 Å². The zero-order chi connectivity index (χ0) is 14.0. The second-order valence-corrected chi connectivity index (χ2v) is 5.75. The second-order valence-electron chi connectivity index (χ2n) is 3.75. The van der Waals surface area contributed by atoms with E-state index in [9.17, 15) is 4.79 Å². The van der Waals surface area contributed by atoms with Crippen molar-refractivity contribution in [2.45, 2.75) is 6.42 Å². The molecule has 0 radical (unpaired) electrons. The number of aliphatic carboxylic acids is 1. The van der Waals surface area contributed by atoms with Gasteiger partial charge in [-0.15, -0.1) is 11.3 Å². The van der Waals surface area contributed by atoms with Crippen LogP contribution in [0.1, 0.15) is 5.56 Å². The van der Waals surface area contributed by atoms with E-state index in [1.807, 2.05) is 0 Å². The van der Waals surface area contributed by atoms with E-state index in [4.69, 9.17) is 39.9 Å². The fraction of sp³-hybridized carbons (Fsp3) is 0.0833. The fourth-order valence-corrected chi connectivity index (χ4v) is 3.23. The summed E-state index contributed by atoms with van der Waals surface area (Å²) in [5.74, 6) is -0.894. The minimum Gasteiger partial charge on any atom is -0.481 e. The molecule has 0 aliphatic heterocycles. The third-order valence-electron chi connectivity index (χ3n) is 2.35. The first-order valence-electron chi connectivity index (χ1n) is 5.16. The topological polar surface area (TPSA) is 49.3 Å². The minimum absolute atomic E-state index is 0.0609. The van der Waals surface area contributed by atoms with E-state index in [1.165, 1.54) is 11.3 Å². The Balaban J connectivity index is 2.32. The lowest BCUT2D eigenvalue weighted by Crippen LogP contribution is -2.02. The third-order valence-corrected chi connectivity index (χ3v) is 3.96. The lowest BCUT2D eigenvalue weighted by Gasteiger charge is -2.11. The van der Waals surface area contributed by atoms with Crippen LogP contribution < -0.4 is 5.32 Å². The maximum absolute atomic E-state index is 10.8. The molecule has 19 heavy (non-hydrogen) atoms. The predicted molar refractivity (Wildman–Crippen MR) is 80.4 cm³/mol. The van der Waals surface area contributed by atoms with Gasteiger partial charge in [0.25, 0.3) is 0 Å². The molecule has 100 valence electrons. The molecule has 1 aromatic carbocycles. The van der Waals surface area contributed by atoms with Crippen molar-refractivity contribution >= 4 is 63.5 Å². The number of rotatable bonds is 4. The average Bonchev–Trinajstić information content (AvgIpc) is 2.70. The number of carbonyl (C=O) groups is 1. The molecule has 0 atom stereocenters. The molecule has 7 heteroatoms. The molecule has 2 aromatic rings. The standard InChI is InChI=1S/C12H8Cl3NO2S/c13-7-2-8(14)12(9(15)3-7)16-10-5-19-4-6(10)1-11(17)18/h2-5,16H,1H2,(H,17,18). The van der Waals surface area contributed by atoms with Crippen LogP contribution in [0.15, 0.2) is 22.9 Å². The highest BCUT2D eigenvalue weighted by molar-refractivity contribution is 7.08. The minimum atomic E-state index is -0.894. The second kappa shape index (κ2) is 6.01. The first-order chi connectivity index (χ1) is 8.97. The van der Waals surface area contributed by atoms with Gasteiger partial charge in [-0.05, 0) is 23.1 Å². The van der Waals surface area contributed by atoms with Crippen LogP contribution in [-0.4, -0.2) is 11.1 Å². The van der Waals surface area contributed by atoms with Gasteiger partial charge in [-0.3, -0.25) is 4.79 Å². The zero-order valence-electron chi connectivity index (χ0n) is 9.41. The largest absolute Gasteiger partial charge is 0.481 e. The van der Waals surface area contributed by atoms with Gasteiger partial charge >= 0.3 is 5.97 Å². The van der Waals surface area contributed by atoms with Crippen molar-refractivity contribution in [2.75, 3.05) is 5.32 Å². The number of thiophene rings is 1. The first-order valence-corrected chi connectivity index (χ1v) is 7.23. The Hall–Kier alpha value is -0.940. The van der Waals surface area contributed by atoms with E-state index in [0.717, 1.165) is 0 Å². The highest BCUT2D eigenvalue weighted by Gasteiger charge is 2.12. The summed E-state index contributed by atoms with van der Waals surface area (Å²) in [6.07, 6.45) is -0.0609. The van der Waals surface area contributed by atoms with E-state index >= 15 is 0 Å². The summed E-state index contributed by atoms with van der Waals surface area (Å²) in [5.41, 5.74) is 1.87. The van der Waals surface area contributed by atoms with Crippen molar-refractivity contribution in [3.05, 3.63) is 43.5 Å². The first kappa shape index (κ1) is 14.5. The Bertz CT molecular complexity index is 604. The molecule has 0 amide bonds. The van der Waals surface area contributed by atoms with Gasteiger partial charge in [-0.25, -0.2) is 0 Å². The summed E-state index contributed by atoms with van der Waals surface area (Å²) < 4.78 is 0. The summed E-state index contributed by atoms with van der Waals surface area (Å²) in [5, 5.41) is 16.7. The van der Waals surface area contributed by atoms with E-state index in [0.29, 0.717) is 32.0 Å². The lowest BCUT2D eigenvalue weighted by molar-refractivity contribution is -0.136. The van der Waals surface area contributed by atoms with Crippen molar-refractivity contribution in [3.63, 3.8) is 0 Å². The summed E-state index contributed by atoms with van der Waals surface area (Å²) in [4.78, 5) is 10.8. The number of anilines is 2. The molecule has 1 heterocycles. The van der Waals surface area contributed by atoms with Crippen LogP contribution in [0.3, 0.4) is 0 Å². The van der Waals surface area contributed by atoms with Crippen molar-refractivity contribution in [2.24, 2.45) is 0 Å². The van der Waals surface area contributed by atoms with Gasteiger partial charge in [-0.2, -0.15) is 0 Å². The smallest absolute Gasteiger partial charge is 0.307 e. The van der Waals surface area contributed by atoms with Gasteiger partial charge in [0, 0.05) is 10.4 Å². The number of nitrogens with one attached hydrogen (secondary N) is 1. The van der Waals surface area contributed by atoms with Gasteiger partial charge < -0.3 is 10.4 Å². The van der Waals surface area contributed by atoms with Crippen molar-refractivity contribution in [1.82, 2.24) is 0 Å². The summed E-state index contributed by atoms with van der Waals surface area (Å²) in [6, 6.07) is 3.14. The van der Waals surface area contributed by atoms with Crippen LogP contribution in [0.25, 0.3) is 0 Å². The molecule has 0 fully saturated rings. The number of hydrogen-bond donors (Lipinski definition) is 2. The maximum atomic E-state index is 10.8. The fourth-order valence-electron chi connectivity index (χ4n) is 1.53. The Labute approximate surface area is 128 Å². The molecule has 0 bridgehead atoms. The molecule has 2 N–H and O–H groups in total. The Morgan fingerprint density at radius 2 is 1.84 bits per heavy atom. The number of hydrogen-bond acceptors (Lipinski definition) is 3. The SMILES string of the molecule is O=C(O)Cc1cscc1Nc1c(Cl)cc(Cl)cc1Cl. The van der Waals surface area contributed by atoms with Crippen LogP contribution in [0.2, 0.25) is 15.1 Å². The van der Waals surface area contributed by atoms with Gasteiger partial charge in [0.2, 0.25) is 0 Å². The molecular formula is C12H8Cl3NO2S. The molecule has 0 aliphatic rings. The van der Waals surface area contributed by atoms with Crippen LogP contribution >= 0.6 is 46.1 Å². The number of carboxylic acids is 1. The Morgan fingerprint density at radius 1 is 1.21 bits per heavy atom. The highest BCUT2D eigenvalue weighted by Crippen LogP contribution is 2.37. The normalized spacial score (nSPS) is 10.5.